The van der Waals surface area contributed by atoms with Crippen molar-refractivity contribution in [3.05, 3.63) is 46.8 Å². The van der Waals surface area contributed by atoms with Gasteiger partial charge in [0.2, 0.25) is 0 Å². The molecule has 0 aliphatic carbocycles. The molecule has 1 aromatic carbocycles. The van der Waals surface area contributed by atoms with E-state index in [4.69, 9.17) is 9.47 Å². The van der Waals surface area contributed by atoms with Gasteiger partial charge < -0.3 is 14.5 Å². The normalized spacial score (nSPS) is 11.9. The lowest BCUT2D eigenvalue weighted by molar-refractivity contribution is 0.0599. The molecule has 128 valence electrons. The quantitative estimate of drug-likeness (QED) is 0.489. The molecule has 1 aromatic heterocycles. The third-order valence-electron chi connectivity index (χ3n) is 3.81. The highest BCUT2D eigenvalue weighted by molar-refractivity contribution is 8.00. The SMILES string of the molecule is COC(=O)c1c(C)[nH]c(C(=O)C(C)Sc2ccc(OC)cc2)c1C. The summed E-state index contributed by atoms with van der Waals surface area (Å²) in [5.41, 5.74) is 2.17. The van der Waals surface area contributed by atoms with Crippen molar-refractivity contribution in [1.29, 1.82) is 0 Å². The fourth-order valence-electron chi connectivity index (χ4n) is 2.52. The Balaban J connectivity index is 2.20. The first kappa shape index (κ1) is 18.1. The topological polar surface area (TPSA) is 68.4 Å². The maximum Gasteiger partial charge on any atom is 0.339 e. The van der Waals surface area contributed by atoms with Crippen LogP contribution in [-0.2, 0) is 4.74 Å². The van der Waals surface area contributed by atoms with E-state index in [-0.39, 0.29) is 11.0 Å². The molecule has 1 heterocycles. The first-order valence-corrected chi connectivity index (χ1v) is 8.39. The maximum atomic E-state index is 12.7. The molecule has 0 bridgehead atoms. The maximum absolute atomic E-state index is 12.7. The van der Waals surface area contributed by atoms with Gasteiger partial charge in [0.25, 0.3) is 0 Å². The van der Waals surface area contributed by atoms with Crippen molar-refractivity contribution < 1.29 is 19.1 Å². The number of nitrogens with one attached hydrogen (secondary N) is 1. The summed E-state index contributed by atoms with van der Waals surface area (Å²) in [5.74, 6) is 0.291. The Morgan fingerprint density at radius 2 is 1.75 bits per heavy atom. The van der Waals surface area contributed by atoms with Gasteiger partial charge in [-0.2, -0.15) is 0 Å². The number of Topliss-reactive ketones (excluding diaryl/α,β-unsaturated/α-hetero) is 1. The summed E-state index contributed by atoms with van der Waals surface area (Å²) in [6, 6.07) is 7.55. The predicted molar refractivity (Wildman–Crippen MR) is 94.2 cm³/mol. The predicted octanol–water partition coefficient (Wildman–Crippen LogP) is 3.79. The number of aromatic nitrogens is 1. The molecular weight excluding hydrogens is 326 g/mol. The van der Waals surface area contributed by atoms with Gasteiger partial charge in [0, 0.05) is 10.6 Å². The van der Waals surface area contributed by atoms with Crippen LogP contribution in [0.5, 0.6) is 5.75 Å². The smallest absolute Gasteiger partial charge is 0.339 e. The van der Waals surface area contributed by atoms with Crippen LogP contribution in [-0.4, -0.2) is 36.2 Å². The number of thioether (sulfide) groups is 1. The molecule has 1 atom stereocenters. The Kier molecular flexibility index (Phi) is 5.72. The van der Waals surface area contributed by atoms with Gasteiger partial charge >= 0.3 is 5.97 Å². The third kappa shape index (κ3) is 3.64. The van der Waals surface area contributed by atoms with Crippen molar-refractivity contribution >= 4 is 23.5 Å². The second-order valence-electron chi connectivity index (χ2n) is 5.42. The number of esters is 1. The van der Waals surface area contributed by atoms with Crippen LogP contribution in [0, 0.1) is 13.8 Å². The van der Waals surface area contributed by atoms with Crippen molar-refractivity contribution in [2.45, 2.75) is 30.9 Å². The van der Waals surface area contributed by atoms with Crippen molar-refractivity contribution in [2.75, 3.05) is 14.2 Å². The fourth-order valence-corrected chi connectivity index (χ4v) is 3.45. The number of aryl methyl sites for hydroxylation is 1. The molecule has 2 aromatic rings. The molecule has 0 radical (unpaired) electrons. The van der Waals surface area contributed by atoms with Gasteiger partial charge in [-0.15, -0.1) is 11.8 Å². The van der Waals surface area contributed by atoms with Crippen molar-refractivity contribution in [3.63, 3.8) is 0 Å². The Morgan fingerprint density at radius 1 is 1.12 bits per heavy atom. The number of carbonyl (C=O) groups is 2. The van der Waals surface area contributed by atoms with Crippen molar-refractivity contribution in [1.82, 2.24) is 4.98 Å². The van der Waals surface area contributed by atoms with E-state index in [9.17, 15) is 9.59 Å². The van der Waals surface area contributed by atoms with E-state index in [1.807, 2.05) is 31.2 Å². The van der Waals surface area contributed by atoms with Gasteiger partial charge in [-0.25, -0.2) is 4.79 Å². The van der Waals surface area contributed by atoms with Crippen molar-refractivity contribution in [3.8, 4) is 5.75 Å². The van der Waals surface area contributed by atoms with Gasteiger partial charge in [-0.1, -0.05) is 0 Å². The number of rotatable bonds is 6. The molecule has 0 amide bonds. The summed E-state index contributed by atoms with van der Waals surface area (Å²) >= 11 is 1.46. The third-order valence-corrected chi connectivity index (χ3v) is 4.93. The molecular formula is C18H21NO4S. The number of carbonyl (C=O) groups excluding carboxylic acids is 2. The first-order chi connectivity index (χ1) is 11.4. The number of aromatic amines is 1. The highest BCUT2D eigenvalue weighted by atomic mass is 32.2. The number of ketones is 1. The Labute approximate surface area is 145 Å². The second kappa shape index (κ2) is 7.57. The van der Waals surface area contributed by atoms with Gasteiger partial charge in [-0.05, 0) is 50.6 Å². The molecule has 0 aliphatic rings. The molecule has 5 nitrogen and oxygen atoms in total. The molecule has 0 aliphatic heterocycles. The van der Waals surface area contributed by atoms with Gasteiger partial charge in [0.05, 0.1) is 30.7 Å². The lowest BCUT2D eigenvalue weighted by Gasteiger charge is -2.10. The minimum absolute atomic E-state index is 0.0495. The second-order valence-corrected chi connectivity index (χ2v) is 6.83. The van der Waals surface area contributed by atoms with E-state index in [0.29, 0.717) is 22.5 Å². The van der Waals surface area contributed by atoms with Crippen LogP contribution in [0.15, 0.2) is 29.2 Å². The zero-order valence-electron chi connectivity index (χ0n) is 14.4. The molecule has 0 saturated carbocycles. The van der Waals surface area contributed by atoms with Gasteiger partial charge in [0.15, 0.2) is 5.78 Å². The van der Waals surface area contributed by atoms with E-state index in [1.165, 1.54) is 18.9 Å². The van der Waals surface area contributed by atoms with Crippen molar-refractivity contribution in [2.24, 2.45) is 0 Å². The summed E-state index contributed by atoms with van der Waals surface area (Å²) in [6.45, 7) is 5.37. The minimum Gasteiger partial charge on any atom is -0.497 e. The number of hydrogen-bond donors (Lipinski definition) is 1. The zero-order valence-corrected chi connectivity index (χ0v) is 15.2. The van der Waals surface area contributed by atoms with E-state index in [1.54, 1.807) is 21.0 Å². The Bertz CT molecular complexity index is 749. The van der Waals surface area contributed by atoms with Gasteiger partial charge in [-0.3, -0.25) is 4.79 Å². The molecule has 2 rings (SSSR count). The lowest BCUT2D eigenvalue weighted by Crippen LogP contribution is -2.15. The number of hydrogen-bond acceptors (Lipinski definition) is 5. The summed E-state index contributed by atoms with van der Waals surface area (Å²) in [7, 11) is 2.95. The summed E-state index contributed by atoms with van der Waals surface area (Å²) in [6.07, 6.45) is 0. The fraction of sp³-hybridized carbons (Fsp3) is 0.333. The molecule has 1 N–H and O–H groups in total. The standard InChI is InChI=1S/C18H21NO4S/c1-10-15(18(21)23-5)11(2)19-16(10)17(20)12(3)24-14-8-6-13(22-4)7-9-14/h6-9,12,19H,1-5H3. The largest absolute Gasteiger partial charge is 0.497 e. The van der Waals surface area contributed by atoms with Crippen LogP contribution in [0.2, 0.25) is 0 Å². The van der Waals surface area contributed by atoms with E-state index in [2.05, 4.69) is 4.98 Å². The number of methoxy groups -OCH3 is 2. The molecule has 0 spiro atoms. The molecule has 0 saturated heterocycles. The lowest BCUT2D eigenvalue weighted by atomic mass is 10.1. The van der Waals surface area contributed by atoms with Crippen LogP contribution < -0.4 is 4.74 Å². The van der Waals surface area contributed by atoms with E-state index in [0.717, 1.165) is 10.6 Å². The summed E-state index contributed by atoms with van der Waals surface area (Å²) in [5, 5.41) is -0.291. The Hall–Kier alpha value is -2.21. The highest BCUT2D eigenvalue weighted by Crippen LogP contribution is 2.29. The van der Waals surface area contributed by atoms with E-state index < -0.39 is 5.97 Å². The van der Waals surface area contributed by atoms with E-state index >= 15 is 0 Å². The highest BCUT2D eigenvalue weighted by Gasteiger charge is 2.25. The van der Waals surface area contributed by atoms with Crippen LogP contribution in [0.25, 0.3) is 0 Å². The number of H-pyrrole nitrogens is 1. The summed E-state index contributed by atoms with van der Waals surface area (Å²) < 4.78 is 9.91. The zero-order chi connectivity index (χ0) is 17.9. The minimum atomic E-state index is -0.434. The van der Waals surface area contributed by atoms with Gasteiger partial charge in [0.1, 0.15) is 5.75 Å². The molecule has 24 heavy (non-hydrogen) atoms. The molecule has 1 unspecified atom stereocenters. The summed E-state index contributed by atoms with van der Waals surface area (Å²) in [4.78, 5) is 28.6. The number of ether oxygens (including phenoxy) is 2. The first-order valence-electron chi connectivity index (χ1n) is 7.51. The molecule has 0 fully saturated rings. The van der Waals surface area contributed by atoms with Crippen LogP contribution in [0.4, 0.5) is 0 Å². The van der Waals surface area contributed by atoms with Crippen LogP contribution >= 0.6 is 11.8 Å². The van der Waals surface area contributed by atoms with Crippen LogP contribution in [0.1, 0.15) is 39.0 Å². The Morgan fingerprint density at radius 3 is 2.29 bits per heavy atom. The molecule has 6 heteroatoms. The van der Waals surface area contributed by atoms with Crippen LogP contribution in [0.3, 0.4) is 0 Å². The monoisotopic (exact) mass is 347 g/mol. The number of benzene rings is 1. The average molecular weight is 347 g/mol. The average Bonchev–Trinajstić information content (AvgIpc) is 2.88.